The van der Waals surface area contributed by atoms with Gasteiger partial charge in [0.05, 0.1) is 11.9 Å². The molecule has 1 aromatic rings. The molecule has 0 saturated heterocycles. The Hall–Kier alpha value is -1.36. The summed E-state index contributed by atoms with van der Waals surface area (Å²) in [6.45, 7) is 10.6. The van der Waals surface area contributed by atoms with Crippen molar-refractivity contribution in [2.24, 2.45) is 0 Å². The summed E-state index contributed by atoms with van der Waals surface area (Å²) in [6.07, 6.45) is 3.11. The molecule has 0 spiro atoms. The predicted octanol–water partition coefficient (Wildman–Crippen LogP) is 1.59. The van der Waals surface area contributed by atoms with Gasteiger partial charge < -0.3 is 11.1 Å². The molecule has 0 fully saturated rings. The molecular formula is C12H23N5. The van der Waals surface area contributed by atoms with Crippen molar-refractivity contribution in [1.29, 1.82) is 0 Å². The molecule has 0 aliphatic rings. The van der Waals surface area contributed by atoms with Gasteiger partial charge in [0.1, 0.15) is 6.33 Å². The first kappa shape index (κ1) is 13.7. The molecule has 0 aliphatic carbocycles. The van der Waals surface area contributed by atoms with Crippen LogP contribution in [0.1, 0.15) is 27.7 Å². The second-order valence-electron chi connectivity index (χ2n) is 4.68. The Morgan fingerprint density at radius 3 is 2.47 bits per heavy atom. The van der Waals surface area contributed by atoms with Crippen molar-refractivity contribution in [3.63, 3.8) is 0 Å². The van der Waals surface area contributed by atoms with E-state index in [0.717, 1.165) is 13.1 Å². The zero-order valence-corrected chi connectivity index (χ0v) is 11.1. The fourth-order valence-electron chi connectivity index (χ4n) is 1.90. The van der Waals surface area contributed by atoms with E-state index in [1.807, 2.05) is 0 Å². The summed E-state index contributed by atoms with van der Waals surface area (Å²) in [5.74, 6) is 0.715. The van der Waals surface area contributed by atoms with Gasteiger partial charge in [0.25, 0.3) is 0 Å². The van der Waals surface area contributed by atoms with Crippen molar-refractivity contribution >= 4 is 11.5 Å². The molecule has 0 saturated carbocycles. The van der Waals surface area contributed by atoms with E-state index < -0.39 is 0 Å². The van der Waals surface area contributed by atoms with Crippen LogP contribution in [0.15, 0.2) is 12.5 Å². The Balaban J connectivity index is 2.44. The molecule has 17 heavy (non-hydrogen) atoms. The zero-order valence-electron chi connectivity index (χ0n) is 11.1. The number of rotatable bonds is 6. The van der Waals surface area contributed by atoms with Crippen LogP contribution in [0.4, 0.5) is 11.5 Å². The minimum absolute atomic E-state index is 0.541. The molecule has 0 bridgehead atoms. The average Bonchev–Trinajstić information content (AvgIpc) is 2.25. The Kier molecular flexibility index (Phi) is 5.15. The molecule has 1 rings (SSSR count). The van der Waals surface area contributed by atoms with E-state index in [1.54, 1.807) is 6.20 Å². The monoisotopic (exact) mass is 237 g/mol. The second kappa shape index (κ2) is 6.39. The normalized spacial score (nSPS) is 11.5. The first-order chi connectivity index (χ1) is 8.02. The van der Waals surface area contributed by atoms with E-state index in [9.17, 15) is 0 Å². The topological polar surface area (TPSA) is 67.1 Å². The lowest BCUT2D eigenvalue weighted by molar-refractivity contribution is 0.182. The summed E-state index contributed by atoms with van der Waals surface area (Å²) in [5, 5.41) is 3.24. The predicted molar refractivity (Wildman–Crippen MR) is 71.9 cm³/mol. The number of nitrogens with zero attached hydrogens (tertiary/aromatic N) is 3. The highest BCUT2D eigenvalue weighted by Crippen LogP contribution is 2.11. The van der Waals surface area contributed by atoms with Crippen molar-refractivity contribution in [1.82, 2.24) is 14.9 Å². The SMILES string of the molecule is CC(C)N(CCNc1ncncc1N)C(C)C. The van der Waals surface area contributed by atoms with E-state index >= 15 is 0 Å². The van der Waals surface area contributed by atoms with E-state index in [-0.39, 0.29) is 0 Å². The molecule has 96 valence electrons. The molecule has 5 heteroatoms. The second-order valence-corrected chi connectivity index (χ2v) is 4.68. The van der Waals surface area contributed by atoms with Crippen molar-refractivity contribution in [2.75, 3.05) is 24.1 Å². The molecule has 0 amide bonds. The summed E-state index contributed by atoms with van der Waals surface area (Å²) < 4.78 is 0. The Morgan fingerprint density at radius 1 is 1.29 bits per heavy atom. The van der Waals surface area contributed by atoms with Gasteiger partial charge in [0, 0.05) is 25.2 Å². The molecule has 0 aliphatic heterocycles. The molecule has 1 aromatic heterocycles. The third-order valence-electron chi connectivity index (χ3n) is 2.73. The Bertz CT molecular complexity index is 329. The fourth-order valence-corrected chi connectivity index (χ4v) is 1.90. The third-order valence-corrected chi connectivity index (χ3v) is 2.73. The number of hydrogen-bond acceptors (Lipinski definition) is 5. The van der Waals surface area contributed by atoms with Gasteiger partial charge in [-0.2, -0.15) is 0 Å². The van der Waals surface area contributed by atoms with Gasteiger partial charge in [-0.25, -0.2) is 9.97 Å². The van der Waals surface area contributed by atoms with Crippen LogP contribution >= 0.6 is 0 Å². The average molecular weight is 237 g/mol. The lowest BCUT2D eigenvalue weighted by Gasteiger charge is -2.30. The van der Waals surface area contributed by atoms with Crippen LogP contribution in [0.2, 0.25) is 0 Å². The third kappa shape index (κ3) is 4.19. The first-order valence-electron chi connectivity index (χ1n) is 6.07. The van der Waals surface area contributed by atoms with Crippen molar-refractivity contribution in [3.05, 3.63) is 12.5 Å². The standard InChI is InChI=1S/C12H23N5/c1-9(2)17(10(3)4)6-5-15-12-11(13)7-14-8-16-12/h7-10H,5-6,13H2,1-4H3,(H,14,15,16). The highest BCUT2D eigenvalue weighted by molar-refractivity contribution is 5.58. The van der Waals surface area contributed by atoms with Gasteiger partial charge in [0.2, 0.25) is 0 Å². The number of nitrogen functional groups attached to an aromatic ring is 1. The van der Waals surface area contributed by atoms with E-state index in [1.165, 1.54) is 6.33 Å². The number of nitrogens with one attached hydrogen (secondary N) is 1. The number of hydrogen-bond donors (Lipinski definition) is 2. The Morgan fingerprint density at radius 2 is 1.94 bits per heavy atom. The van der Waals surface area contributed by atoms with Crippen LogP contribution in [0.25, 0.3) is 0 Å². The smallest absolute Gasteiger partial charge is 0.152 e. The largest absolute Gasteiger partial charge is 0.394 e. The summed E-state index contributed by atoms with van der Waals surface area (Å²) in [6, 6.07) is 1.08. The van der Waals surface area contributed by atoms with Crippen LogP contribution in [0, 0.1) is 0 Å². The van der Waals surface area contributed by atoms with Gasteiger partial charge in [-0.15, -0.1) is 0 Å². The zero-order chi connectivity index (χ0) is 12.8. The summed E-state index contributed by atoms with van der Waals surface area (Å²) >= 11 is 0. The lowest BCUT2D eigenvalue weighted by atomic mass is 10.2. The number of anilines is 2. The van der Waals surface area contributed by atoms with Crippen LogP contribution < -0.4 is 11.1 Å². The van der Waals surface area contributed by atoms with Crippen molar-refractivity contribution in [2.45, 2.75) is 39.8 Å². The molecular weight excluding hydrogens is 214 g/mol. The Labute approximate surface area is 103 Å². The van der Waals surface area contributed by atoms with Crippen LogP contribution in [-0.4, -0.2) is 40.0 Å². The van der Waals surface area contributed by atoms with Gasteiger partial charge in [-0.3, -0.25) is 4.90 Å². The highest BCUT2D eigenvalue weighted by Gasteiger charge is 2.12. The number of nitrogens with two attached hydrogens (primary N) is 1. The van der Waals surface area contributed by atoms with Crippen LogP contribution in [0.3, 0.4) is 0 Å². The van der Waals surface area contributed by atoms with Crippen molar-refractivity contribution < 1.29 is 0 Å². The van der Waals surface area contributed by atoms with Gasteiger partial charge in [-0.05, 0) is 27.7 Å². The molecule has 0 aromatic carbocycles. The maximum Gasteiger partial charge on any atom is 0.152 e. The fraction of sp³-hybridized carbons (Fsp3) is 0.667. The van der Waals surface area contributed by atoms with Crippen LogP contribution in [-0.2, 0) is 0 Å². The molecule has 0 unspecified atom stereocenters. The quantitative estimate of drug-likeness (QED) is 0.786. The first-order valence-corrected chi connectivity index (χ1v) is 6.07. The summed E-state index contributed by atoms with van der Waals surface area (Å²) in [5.41, 5.74) is 6.35. The summed E-state index contributed by atoms with van der Waals surface area (Å²) in [7, 11) is 0. The van der Waals surface area contributed by atoms with Gasteiger partial charge in [-0.1, -0.05) is 0 Å². The lowest BCUT2D eigenvalue weighted by Crippen LogP contribution is -2.40. The van der Waals surface area contributed by atoms with E-state index in [2.05, 4.69) is 47.9 Å². The highest BCUT2D eigenvalue weighted by atomic mass is 15.2. The minimum atomic E-state index is 0.541. The van der Waals surface area contributed by atoms with Crippen molar-refractivity contribution in [3.8, 4) is 0 Å². The van der Waals surface area contributed by atoms with E-state index in [0.29, 0.717) is 23.6 Å². The molecule has 0 radical (unpaired) electrons. The molecule has 1 heterocycles. The maximum absolute atomic E-state index is 5.76. The number of aromatic nitrogens is 2. The van der Waals surface area contributed by atoms with Gasteiger partial charge >= 0.3 is 0 Å². The summed E-state index contributed by atoms with van der Waals surface area (Å²) in [4.78, 5) is 10.4. The molecule has 5 nitrogen and oxygen atoms in total. The van der Waals surface area contributed by atoms with Gasteiger partial charge in [0.15, 0.2) is 5.82 Å². The molecule has 3 N–H and O–H groups in total. The maximum atomic E-state index is 5.76. The van der Waals surface area contributed by atoms with Crippen LogP contribution in [0.5, 0.6) is 0 Å². The van der Waals surface area contributed by atoms with E-state index in [4.69, 9.17) is 5.73 Å². The molecule has 0 atom stereocenters. The minimum Gasteiger partial charge on any atom is -0.394 e.